The number of nitrogens with zero attached hydrogens (tertiary/aromatic N) is 1. The third kappa shape index (κ3) is 3.50. The molecule has 1 amide bonds. The second-order valence-electron chi connectivity index (χ2n) is 5.46. The van der Waals surface area contributed by atoms with Crippen LogP contribution in [0.1, 0.15) is 48.5 Å². The van der Waals surface area contributed by atoms with Crippen LogP contribution in [0.25, 0.3) is 0 Å². The zero-order valence-electron chi connectivity index (χ0n) is 11.8. The zero-order chi connectivity index (χ0) is 13.8. The van der Waals surface area contributed by atoms with Crippen molar-refractivity contribution in [3.05, 3.63) is 32.9 Å². The monoisotopic (exact) mass is 371 g/mol. The predicted octanol–water partition coefficient (Wildman–Crippen LogP) is 4.25. The van der Waals surface area contributed by atoms with Gasteiger partial charge < -0.3 is 4.90 Å². The van der Waals surface area contributed by atoms with Crippen molar-refractivity contribution in [2.45, 2.75) is 39.5 Å². The van der Waals surface area contributed by atoms with Gasteiger partial charge in [0.05, 0.1) is 5.56 Å². The Labute approximate surface area is 129 Å². The Morgan fingerprint density at radius 1 is 1.37 bits per heavy atom. The number of halogens is 1. The first kappa shape index (κ1) is 14.8. The highest BCUT2D eigenvalue weighted by Crippen LogP contribution is 2.24. The molecule has 1 fully saturated rings. The molecule has 0 unspecified atom stereocenters. The van der Waals surface area contributed by atoms with Crippen molar-refractivity contribution < 1.29 is 4.79 Å². The summed E-state index contributed by atoms with van der Waals surface area (Å²) in [6.45, 7) is 6.15. The van der Waals surface area contributed by atoms with E-state index in [1.807, 2.05) is 17.0 Å². The highest BCUT2D eigenvalue weighted by Gasteiger charge is 2.24. The fourth-order valence-corrected chi connectivity index (χ4v) is 3.41. The van der Waals surface area contributed by atoms with Gasteiger partial charge in [-0.2, -0.15) is 0 Å². The summed E-state index contributed by atoms with van der Waals surface area (Å²) < 4.78 is 1.10. The Hall–Kier alpha value is -0.580. The minimum absolute atomic E-state index is 0.211. The second-order valence-corrected chi connectivity index (χ2v) is 6.54. The van der Waals surface area contributed by atoms with Gasteiger partial charge in [-0.25, -0.2) is 0 Å². The van der Waals surface area contributed by atoms with Crippen molar-refractivity contribution in [2.24, 2.45) is 5.92 Å². The average molecular weight is 371 g/mol. The Kier molecular flexibility index (Phi) is 5.25. The molecule has 0 spiro atoms. The molecule has 3 heteroatoms. The third-order valence-electron chi connectivity index (χ3n) is 4.02. The first-order valence-electron chi connectivity index (χ1n) is 7.18. The molecule has 0 aromatic heterocycles. The Bertz CT molecular complexity index is 450. The maximum absolute atomic E-state index is 12.6. The molecule has 0 N–H and O–H groups in total. The summed E-state index contributed by atoms with van der Waals surface area (Å²) in [7, 11) is 0. The quantitative estimate of drug-likeness (QED) is 0.728. The molecule has 1 aromatic carbocycles. The molecule has 0 bridgehead atoms. The first-order chi connectivity index (χ1) is 9.13. The Morgan fingerprint density at radius 3 is 2.68 bits per heavy atom. The molecule has 0 atom stereocenters. The maximum atomic E-state index is 12.6. The van der Waals surface area contributed by atoms with Crippen molar-refractivity contribution in [3.63, 3.8) is 0 Å². The minimum atomic E-state index is 0.211. The van der Waals surface area contributed by atoms with Gasteiger partial charge in [0, 0.05) is 16.7 Å². The number of carbonyl (C=O) groups excluding carboxylic acids is 1. The molecular formula is C16H22INO. The summed E-state index contributed by atoms with van der Waals surface area (Å²) in [5.74, 6) is 1.04. The van der Waals surface area contributed by atoms with Crippen LogP contribution in [0, 0.1) is 16.4 Å². The van der Waals surface area contributed by atoms with E-state index in [-0.39, 0.29) is 5.91 Å². The smallest absolute Gasteiger partial charge is 0.254 e. The van der Waals surface area contributed by atoms with E-state index >= 15 is 0 Å². The van der Waals surface area contributed by atoms with Crippen LogP contribution >= 0.6 is 22.6 Å². The molecule has 1 heterocycles. The van der Waals surface area contributed by atoms with E-state index < -0.39 is 0 Å². The summed E-state index contributed by atoms with van der Waals surface area (Å²) in [5, 5.41) is 0. The van der Waals surface area contributed by atoms with E-state index in [4.69, 9.17) is 0 Å². The molecule has 2 rings (SSSR count). The average Bonchev–Trinajstić information content (AvgIpc) is 2.42. The van der Waals surface area contributed by atoms with Gasteiger partial charge in [-0.1, -0.05) is 31.9 Å². The lowest BCUT2D eigenvalue weighted by molar-refractivity contribution is 0.0685. The van der Waals surface area contributed by atoms with Gasteiger partial charge in [-0.05, 0) is 59.9 Å². The molecule has 19 heavy (non-hydrogen) atoms. The van der Waals surface area contributed by atoms with Gasteiger partial charge in [0.1, 0.15) is 0 Å². The van der Waals surface area contributed by atoms with E-state index in [1.54, 1.807) is 0 Å². The van der Waals surface area contributed by atoms with E-state index in [9.17, 15) is 4.79 Å². The summed E-state index contributed by atoms with van der Waals surface area (Å²) in [6.07, 6.45) is 4.91. The van der Waals surface area contributed by atoms with Crippen LogP contribution in [-0.4, -0.2) is 23.9 Å². The normalized spacial score (nSPS) is 16.7. The summed E-state index contributed by atoms with van der Waals surface area (Å²) in [4.78, 5) is 14.6. The lowest BCUT2D eigenvalue weighted by Gasteiger charge is -2.32. The molecule has 0 radical (unpaired) electrons. The van der Waals surface area contributed by atoms with E-state index in [0.29, 0.717) is 0 Å². The number of rotatable bonds is 3. The van der Waals surface area contributed by atoms with Crippen molar-refractivity contribution in [1.29, 1.82) is 0 Å². The van der Waals surface area contributed by atoms with Gasteiger partial charge in [-0.3, -0.25) is 4.79 Å². The summed E-state index contributed by atoms with van der Waals surface area (Å²) in [6, 6.07) is 6.00. The topological polar surface area (TPSA) is 20.3 Å². The molecular weight excluding hydrogens is 349 g/mol. The van der Waals surface area contributed by atoms with Crippen LogP contribution in [-0.2, 0) is 0 Å². The van der Waals surface area contributed by atoms with Crippen LogP contribution in [0.15, 0.2) is 18.2 Å². The number of likely N-dealkylation sites (tertiary alicyclic amines) is 1. The van der Waals surface area contributed by atoms with Crippen molar-refractivity contribution in [2.75, 3.05) is 13.1 Å². The predicted molar refractivity (Wildman–Crippen MR) is 87.4 cm³/mol. The molecule has 2 nitrogen and oxygen atoms in total. The van der Waals surface area contributed by atoms with Crippen LogP contribution in [0.5, 0.6) is 0 Å². The van der Waals surface area contributed by atoms with Gasteiger partial charge in [0.25, 0.3) is 5.91 Å². The number of piperidine rings is 1. The molecule has 1 aliphatic rings. The van der Waals surface area contributed by atoms with Crippen LogP contribution in [0.4, 0.5) is 0 Å². The highest BCUT2D eigenvalue weighted by atomic mass is 127. The van der Waals surface area contributed by atoms with Crippen LogP contribution < -0.4 is 0 Å². The summed E-state index contributed by atoms with van der Waals surface area (Å²) in [5.41, 5.74) is 2.06. The largest absolute Gasteiger partial charge is 0.339 e. The number of hydrogen-bond donors (Lipinski definition) is 0. The first-order valence-corrected chi connectivity index (χ1v) is 8.25. The van der Waals surface area contributed by atoms with Crippen molar-refractivity contribution in [3.8, 4) is 0 Å². The minimum Gasteiger partial charge on any atom is -0.339 e. The van der Waals surface area contributed by atoms with E-state index in [0.717, 1.165) is 28.1 Å². The molecule has 1 saturated heterocycles. The standard InChI is InChI=1S/C16H22INO/c1-3-5-13-8-10-18(11-9-13)16(19)14-7-4-6-12(2)15(14)17/h4,6-7,13H,3,5,8-11H2,1-2H3. The fourth-order valence-electron chi connectivity index (χ4n) is 2.82. The number of benzene rings is 1. The van der Waals surface area contributed by atoms with Gasteiger partial charge in [0.15, 0.2) is 0 Å². The van der Waals surface area contributed by atoms with Gasteiger partial charge in [-0.15, -0.1) is 0 Å². The van der Waals surface area contributed by atoms with E-state index in [2.05, 4.69) is 42.5 Å². The molecule has 1 aliphatic heterocycles. The number of hydrogen-bond acceptors (Lipinski definition) is 1. The van der Waals surface area contributed by atoms with Gasteiger partial charge in [0.2, 0.25) is 0 Å². The zero-order valence-corrected chi connectivity index (χ0v) is 13.9. The Balaban J connectivity index is 2.03. The number of amides is 1. The molecule has 0 saturated carbocycles. The van der Waals surface area contributed by atoms with Crippen molar-refractivity contribution in [1.82, 2.24) is 4.90 Å². The van der Waals surface area contributed by atoms with Crippen LogP contribution in [0.2, 0.25) is 0 Å². The molecule has 1 aromatic rings. The highest BCUT2D eigenvalue weighted by molar-refractivity contribution is 14.1. The maximum Gasteiger partial charge on any atom is 0.254 e. The number of carbonyl (C=O) groups is 1. The van der Waals surface area contributed by atoms with E-state index in [1.165, 1.54) is 31.2 Å². The lowest BCUT2D eigenvalue weighted by Crippen LogP contribution is -2.38. The summed E-state index contributed by atoms with van der Waals surface area (Å²) >= 11 is 2.29. The van der Waals surface area contributed by atoms with Gasteiger partial charge >= 0.3 is 0 Å². The van der Waals surface area contributed by atoms with Crippen molar-refractivity contribution >= 4 is 28.5 Å². The third-order valence-corrected chi connectivity index (χ3v) is 5.45. The number of aryl methyl sites for hydroxylation is 1. The molecule has 0 aliphatic carbocycles. The SMILES string of the molecule is CCCC1CCN(C(=O)c2cccc(C)c2I)CC1. The lowest BCUT2D eigenvalue weighted by atomic mass is 9.92. The molecule has 104 valence electrons. The van der Waals surface area contributed by atoms with Crippen LogP contribution in [0.3, 0.4) is 0 Å². The second kappa shape index (κ2) is 6.73. The fraction of sp³-hybridized carbons (Fsp3) is 0.562. The Morgan fingerprint density at radius 2 is 2.05 bits per heavy atom.